The molecule has 3 rings (SSSR count). The van der Waals surface area contributed by atoms with E-state index in [0.717, 1.165) is 17.0 Å². The van der Waals surface area contributed by atoms with E-state index < -0.39 is 0 Å². The molecule has 0 unspecified atom stereocenters. The molecular weight excluding hydrogens is 304 g/mol. The summed E-state index contributed by atoms with van der Waals surface area (Å²) in [6.45, 7) is 1.62. The Morgan fingerprint density at radius 3 is 2.75 bits per heavy atom. The molecule has 1 aliphatic heterocycles. The minimum Gasteiger partial charge on any atom is -0.491 e. The molecule has 5 heteroatoms. The van der Waals surface area contributed by atoms with Crippen molar-refractivity contribution in [1.29, 1.82) is 0 Å². The fourth-order valence-corrected chi connectivity index (χ4v) is 2.62. The third-order valence-electron chi connectivity index (χ3n) is 4.00. The van der Waals surface area contributed by atoms with Crippen molar-refractivity contribution in [1.82, 2.24) is 4.90 Å². The minimum absolute atomic E-state index is 0.0344. The van der Waals surface area contributed by atoms with Gasteiger partial charge in [-0.2, -0.15) is 0 Å². The number of benzene rings is 2. The van der Waals surface area contributed by atoms with E-state index >= 15 is 0 Å². The van der Waals surface area contributed by atoms with Gasteiger partial charge in [-0.05, 0) is 30.3 Å². The van der Waals surface area contributed by atoms with Gasteiger partial charge < -0.3 is 19.3 Å². The van der Waals surface area contributed by atoms with E-state index in [1.165, 1.54) is 0 Å². The van der Waals surface area contributed by atoms with Gasteiger partial charge in [-0.1, -0.05) is 18.2 Å². The summed E-state index contributed by atoms with van der Waals surface area (Å²) in [7, 11) is 3.99. The topological polar surface area (TPSA) is 42.0 Å². The number of nitrogens with zero attached hydrogens (tertiary/aromatic N) is 2. The van der Waals surface area contributed by atoms with Crippen LogP contribution in [-0.4, -0.2) is 44.7 Å². The maximum atomic E-state index is 12.5. The highest BCUT2D eigenvalue weighted by atomic mass is 16.5. The van der Waals surface area contributed by atoms with Crippen LogP contribution in [0.1, 0.15) is 5.56 Å². The molecule has 0 aromatic heterocycles. The highest BCUT2D eigenvalue weighted by Crippen LogP contribution is 2.27. The van der Waals surface area contributed by atoms with Crippen LogP contribution in [0, 0.1) is 0 Å². The second-order valence-electron chi connectivity index (χ2n) is 5.95. The third-order valence-corrected chi connectivity index (χ3v) is 4.00. The first-order valence-corrected chi connectivity index (χ1v) is 8.02. The molecule has 1 aliphatic rings. The van der Waals surface area contributed by atoms with Crippen molar-refractivity contribution >= 4 is 11.6 Å². The first-order chi connectivity index (χ1) is 11.6. The molecule has 0 fully saturated rings. The summed E-state index contributed by atoms with van der Waals surface area (Å²) in [5.74, 6) is 1.51. The molecule has 0 N–H and O–H groups in total. The van der Waals surface area contributed by atoms with Crippen LogP contribution in [0.15, 0.2) is 48.5 Å². The molecule has 0 atom stereocenters. The van der Waals surface area contributed by atoms with Crippen molar-refractivity contribution in [3.8, 4) is 11.5 Å². The number of hydrogen-bond acceptors (Lipinski definition) is 4. The van der Waals surface area contributed by atoms with Crippen LogP contribution in [0.25, 0.3) is 0 Å². The molecule has 0 saturated heterocycles. The lowest BCUT2D eigenvalue weighted by Crippen LogP contribution is -2.36. The molecule has 2 aromatic carbocycles. The average Bonchev–Trinajstić information content (AvgIpc) is 2.82. The number of para-hydroxylation sites is 1. The Hall–Kier alpha value is -2.69. The molecule has 2 aromatic rings. The van der Waals surface area contributed by atoms with E-state index in [-0.39, 0.29) is 12.5 Å². The maximum absolute atomic E-state index is 12.5. The molecule has 0 spiro atoms. The molecule has 5 nitrogen and oxygen atoms in total. The number of carbonyl (C=O) groups is 1. The van der Waals surface area contributed by atoms with Crippen molar-refractivity contribution in [2.24, 2.45) is 0 Å². The molecule has 0 saturated carbocycles. The van der Waals surface area contributed by atoms with Crippen LogP contribution < -0.4 is 14.4 Å². The van der Waals surface area contributed by atoms with E-state index in [9.17, 15) is 4.79 Å². The molecule has 1 amide bonds. The van der Waals surface area contributed by atoms with E-state index in [1.807, 2.05) is 61.5 Å². The van der Waals surface area contributed by atoms with Gasteiger partial charge in [-0.15, -0.1) is 0 Å². The smallest absolute Gasteiger partial charge is 0.260 e. The average molecular weight is 326 g/mol. The summed E-state index contributed by atoms with van der Waals surface area (Å²) >= 11 is 0. The van der Waals surface area contributed by atoms with Crippen molar-refractivity contribution in [3.63, 3.8) is 0 Å². The summed E-state index contributed by atoms with van der Waals surface area (Å²) in [5, 5.41) is 0. The molecule has 0 bridgehead atoms. The number of fused-ring (bicyclic) bond motifs is 1. The van der Waals surface area contributed by atoms with Crippen molar-refractivity contribution in [2.75, 3.05) is 38.8 Å². The third kappa shape index (κ3) is 3.79. The molecule has 126 valence electrons. The number of hydrogen-bond donors (Lipinski definition) is 0. The van der Waals surface area contributed by atoms with Gasteiger partial charge in [0, 0.05) is 31.9 Å². The number of rotatable bonds is 4. The van der Waals surface area contributed by atoms with Crippen molar-refractivity contribution < 1.29 is 14.3 Å². The van der Waals surface area contributed by atoms with E-state index in [1.54, 1.807) is 4.90 Å². The van der Waals surface area contributed by atoms with Crippen molar-refractivity contribution in [2.45, 2.75) is 6.54 Å². The van der Waals surface area contributed by atoms with Gasteiger partial charge in [0.2, 0.25) is 0 Å². The highest BCUT2D eigenvalue weighted by Gasteiger charge is 2.20. The Kier molecular flexibility index (Phi) is 4.89. The predicted octanol–water partition coefficient (Wildman–Crippen LogP) is 2.55. The van der Waals surface area contributed by atoms with Gasteiger partial charge in [-0.3, -0.25) is 4.79 Å². The van der Waals surface area contributed by atoms with Crippen molar-refractivity contribution in [3.05, 3.63) is 54.1 Å². The molecule has 0 radical (unpaired) electrons. The molecule has 0 aliphatic carbocycles. The van der Waals surface area contributed by atoms with Crippen LogP contribution in [0.2, 0.25) is 0 Å². The number of ether oxygens (including phenoxy) is 2. The minimum atomic E-state index is -0.0365. The quantitative estimate of drug-likeness (QED) is 0.866. The zero-order valence-electron chi connectivity index (χ0n) is 14.1. The zero-order valence-corrected chi connectivity index (χ0v) is 14.1. The Morgan fingerprint density at radius 2 is 2.00 bits per heavy atom. The summed E-state index contributed by atoms with van der Waals surface area (Å²) in [6.07, 6.45) is 0. The van der Waals surface area contributed by atoms with Crippen LogP contribution in [0.4, 0.5) is 5.69 Å². The Balaban J connectivity index is 1.68. The summed E-state index contributed by atoms with van der Waals surface area (Å²) in [6, 6.07) is 15.4. The molecular formula is C19H22N2O3. The normalized spacial score (nSPS) is 13.5. The Morgan fingerprint density at radius 1 is 1.21 bits per heavy atom. The van der Waals surface area contributed by atoms with Gasteiger partial charge in [0.05, 0.1) is 6.54 Å². The Bertz CT molecular complexity index is 701. The zero-order chi connectivity index (χ0) is 16.9. The lowest BCUT2D eigenvalue weighted by atomic mass is 10.1. The van der Waals surface area contributed by atoms with E-state index in [0.29, 0.717) is 25.4 Å². The molecule has 24 heavy (non-hydrogen) atoms. The number of anilines is 1. The Labute approximate surface area is 142 Å². The SMILES string of the molecule is CN(C)c1ccc2c(c1)CN(C(=O)COc1ccccc1)CCO2. The largest absolute Gasteiger partial charge is 0.491 e. The first kappa shape index (κ1) is 16.2. The monoisotopic (exact) mass is 326 g/mol. The standard InChI is InChI=1S/C19H22N2O3/c1-20(2)16-8-9-18-15(12-16)13-21(10-11-23-18)19(22)14-24-17-6-4-3-5-7-17/h3-9,12H,10-11,13-14H2,1-2H3. The summed E-state index contributed by atoms with van der Waals surface area (Å²) in [5.41, 5.74) is 2.11. The van der Waals surface area contributed by atoms with Gasteiger partial charge >= 0.3 is 0 Å². The van der Waals surface area contributed by atoms with Crippen LogP contribution in [0.5, 0.6) is 11.5 Å². The summed E-state index contributed by atoms with van der Waals surface area (Å²) in [4.78, 5) is 16.3. The molecule has 1 heterocycles. The first-order valence-electron chi connectivity index (χ1n) is 8.02. The van der Waals surface area contributed by atoms with Gasteiger partial charge in [-0.25, -0.2) is 0 Å². The van der Waals surface area contributed by atoms with Gasteiger partial charge in [0.15, 0.2) is 6.61 Å². The van der Waals surface area contributed by atoms with E-state index in [4.69, 9.17) is 9.47 Å². The lowest BCUT2D eigenvalue weighted by Gasteiger charge is -2.21. The number of carbonyl (C=O) groups excluding carboxylic acids is 1. The van der Waals surface area contributed by atoms with Crippen LogP contribution >= 0.6 is 0 Å². The fourth-order valence-electron chi connectivity index (χ4n) is 2.62. The fraction of sp³-hybridized carbons (Fsp3) is 0.316. The van der Waals surface area contributed by atoms with E-state index in [2.05, 4.69) is 6.07 Å². The van der Waals surface area contributed by atoms with Crippen LogP contribution in [-0.2, 0) is 11.3 Å². The highest BCUT2D eigenvalue weighted by molar-refractivity contribution is 5.78. The number of amides is 1. The second-order valence-corrected chi connectivity index (χ2v) is 5.95. The summed E-state index contributed by atoms with van der Waals surface area (Å²) < 4.78 is 11.3. The van der Waals surface area contributed by atoms with Gasteiger partial charge in [0.25, 0.3) is 5.91 Å². The predicted molar refractivity (Wildman–Crippen MR) is 93.6 cm³/mol. The van der Waals surface area contributed by atoms with Gasteiger partial charge in [0.1, 0.15) is 18.1 Å². The van der Waals surface area contributed by atoms with Crippen LogP contribution in [0.3, 0.4) is 0 Å². The lowest BCUT2D eigenvalue weighted by molar-refractivity contribution is -0.134. The maximum Gasteiger partial charge on any atom is 0.260 e. The second kappa shape index (κ2) is 7.25.